The Kier molecular flexibility index (Phi) is 6.21. The second kappa shape index (κ2) is 6.60. The number of hydrogen-bond donors (Lipinski definition) is 2. The maximum atomic E-state index is 11.0. The molecule has 1 amide bonds. The molecule has 1 unspecified atom stereocenters. The van der Waals surface area contributed by atoms with Crippen LogP contribution in [0.25, 0.3) is 0 Å². The highest BCUT2D eigenvalue weighted by molar-refractivity contribution is 5.92. The molecule has 0 aliphatic heterocycles. The molecule has 0 aliphatic rings. The van der Waals surface area contributed by atoms with Gasteiger partial charge in [-0.2, -0.15) is 0 Å². The summed E-state index contributed by atoms with van der Waals surface area (Å²) >= 11 is 0. The van der Waals surface area contributed by atoms with Gasteiger partial charge in [0.25, 0.3) is 0 Å². The van der Waals surface area contributed by atoms with Crippen LogP contribution in [0.15, 0.2) is 11.1 Å². The molecule has 82 valence electrons. The molecule has 0 rings (SSSR count). The highest BCUT2D eigenvalue weighted by Gasteiger charge is 2.14. The number of amides is 1. The molecule has 3 heteroatoms. The zero-order valence-corrected chi connectivity index (χ0v) is 9.34. The molecule has 0 spiro atoms. The number of aliphatic hydroxyl groups is 1. The summed E-state index contributed by atoms with van der Waals surface area (Å²) in [5, 5.41) is 9.70. The summed E-state index contributed by atoms with van der Waals surface area (Å²) in [6.07, 6.45) is 2.90. The quantitative estimate of drug-likeness (QED) is 0.640. The van der Waals surface area contributed by atoms with Crippen LogP contribution in [0.3, 0.4) is 0 Å². The standard InChI is InChI=1S/C11H21NO2/c1-4-6-7-9(10(13)5-2)8(3)11(12)14/h10,13H,4-7H2,1-3H3,(H2,12,14). The van der Waals surface area contributed by atoms with Gasteiger partial charge in [0.2, 0.25) is 5.91 Å². The van der Waals surface area contributed by atoms with Gasteiger partial charge in [-0.3, -0.25) is 4.79 Å². The fourth-order valence-electron chi connectivity index (χ4n) is 1.38. The van der Waals surface area contributed by atoms with Crippen molar-refractivity contribution in [2.45, 2.75) is 52.6 Å². The lowest BCUT2D eigenvalue weighted by atomic mass is 9.96. The van der Waals surface area contributed by atoms with Gasteiger partial charge in [0, 0.05) is 5.57 Å². The predicted octanol–water partition coefficient (Wildman–Crippen LogP) is 1.75. The zero-order valence-electron chi connectivity index (χ0n) is 9.34. The molecule has 3 nitrogen and oxygen atoms in total. The molecule has 0 aromatic carbocycles. The van der Waals surface area contributed by atoms with Crippen molar-refractivity contribution in [2.75, 3.05) is 0 Å². The van der Waals surface area contributed by atoms with Gasteiger partial charge in [0.1, 0.15) is 0 Å². The number of hydrogen-bond acceptors (Lipinski definition) is 2. The Morgan fingerprint density at radius 2 is 2.00 bits per heavy atom. The lowest BCUT2D eigenvalue weighted by Gasteiger charge is -2.15. The molecule has 0 radical (unpaired) electrons. The lowest BCUT2D eigenvalue weighted by molar-refractivity contribution is -0.114. The first-order valence-electron chi connectivity index (χ1n) is 5.22. The van der Waals surface area contributed by atoms with E-state index in [1.165, 1.54) is 0 Å². The Bertz CT molecular complexity index is 221. The maximum absolute atomic E-state index is 11.0. The van der Waals surface area contributed by atoms with Crippen molar-refractivity contribution >= 4 is 5.91 Å². The summed E-state index contributed by atoms with van der Waals surface area (Å²) in [6.45, 7) is 5.66. The van der Waals surface area contributed by atoms with Gasteiger partial charge < -0.3 is 10.8 Å². The van der Waals surface area contributed by atoms with Crippen molar-refractivity contribution in [3.8, 4) is 0 Å². The molecule has 0 heterocycles. The van der Waals surface area contributed by atoms with Crippen molar-refractivity contribution in [3.63, 3.8) is 0 Å². The topological polar surface area (TPSA) is 63.3 Å². The summed E-state index contributed by atoms with van der Waals surface area (Å²) in [4.78, 5) is 11.0. The predicted molar refractivity (Wildman–Crippen MR) is 57.7 cm³/mol. The summed E-state index contributed by atoms with van der Waals surface area (Å²) in [6, 6.07) is 0. The molecule has 1 atom stereocenters. The maximum Gasteiger partial charge on any atom is 0.244 e. The van der Waals surface area contributed by atoms with E-state index in [4.69, 9.17) is 5.73 Å². The van der Waals surface area contributed by atoms with E-state index < -0.39 is 12.0 Å². The van der Waals surface area contributed by atoms with Crippen molar-refractivity contribution in [2.24, 2.45) is 5.73 Å². The van der Waals surface area contributed by atoms with Crippen LogP contribution < -0.4 is 5.73 Å². The average Bonchev–Trinajstić information content (AvgIpc) is 2.17. The Morgan fingerprint density at radius 3 is 2.36 bits per heavy atom. The summed E-state index contributed by atoms with van der Waals surface area (Å²) in [5.74, 6) is -0.427. The highest BCUT2D eigenvalue weighted by atomic mass is 16.3. The van der Waals surface area contributed by atoms with Crippen LogP contribution >= 0.6 is 0 Å². The smallest absolute Gasteiger partial charge is 0.244 e. The second-order valence-electron chi connectivity index (χ2n) is 3.54. The minimum atomic E-state index is -0.519. The van der Waals surface area contributed by atoms with E-state index in [0.717, 1.165) is 24.8 Å². The number of carbonyl (C=O) groups excluding carboxylic acids is 1. The highest BCUT2D eigenvalue weighted by Crippen LogP contribution is 2.18. The SMILES string of the molecule is CCCCC(=C(C)C(N)=O)C(O)CC. The third-order valence-electron chi connectivity index (χ3n) is 2.44. The number of carbonyl (C=O) groups is 1. The van der Waals surface area contributed by atoms with Crippen LogP contribution in [0.1, 0.15) is 46.5 Å². The first kappa shape index (κ1) is 13.2. The monoisotopic (exact) mass is 199 g/mol. The normalized spacial score (nSPS) is 14.9. The van der Waals surface area contributed by atoms with E-state index in [0.29, 0.717) is 12.0 Å². The van der Waals surface area contributed by atoms with Gasteiger partial charge in [0.05, 0.1) is 6.10 Å². The van der Waals surface area contributed by atoms with E-state index >= 15 is 0 Å². The van der Waals surface area contributed by atoms with E-state index in [-0.39, 0.29) is 0 Å². The third-order valence-corrected chi connectivity index (χ3v) is 2.44. The van der Waals surface area contributed by atoms with Crippen molar-refractivity contribution in [1.82, 2.24) is 0 Å². The Hall–Kier alpha value is -0.830. The first-order valence-corrected chi connectivity index (χ1v) is 5.22. The third kappa shape index (κ3) is 3.92. The van der Waals surface area contributed by atoms with E-state index in [2.05, 4.69) is 6.92 Å². The second-order valence-corrected chi connectivity index (χ2v) is 3.54. The lowest BCUT2D eigenvalue weighted by Crippen LogP contribution is -2.19. The van der Waals surface area contributed by atoms with Crippen LogP contribution in [-0.2, 0) is 4.79 Å². The molecule has 0 bridgehead atoms. The van der Waals surface area contributed by atoms with Crippen molar-refractivity contribution < 1.29 is 9.90 Å². The van der Waals surface area contributed by atoms with E-state index in [1.807, 2.05) is 6.92 Å². The number of primary amides is 1. The molecule has 0 fully saturated rings. The van der Waals surface area contributed by atoms with Gasteiger partial charge in [-0.1, -0.05) is 20.3 Å². The molecule has 0 aromatic rings. The van der Waals surface area contributed by atoms with E-state index in [9.17, 15) is 9.90 Å². The van der Waals surface area contributed by atoms with Crippen molar-refractivity contribution in [3.05, 3.63) is 11.1 Å². The largest absolute Gasteiger partial charge is 0.389 e. The van der Waals surface area contributed by atoms with Crippen LogP contribution in [-0.4, -0.2) is 17.1 Å². The number of nitrogens with two attached hydrogens (primary N) is 1. The zero-order chi connectivity index (χ0) is 11.1. The molecule has 0 aliphatic carbocycles. The Labute approximate surface area is 86.0 Å². The Morgan fingerprint density at radius 1 is 1.43 bits per heavy atom. The van der Waals surface area contributed by atoms with Crippen LogP contribution in [0.5, 0.6) is 0 Å². The molecule has 3 N–H and O–H groups in total. The fraction of sp³-hybridized carbons (Fsp3) is 0.727. The molecule has 0 saturated heterocycles. The minimum absolute atomic E-state index is 0.427. The molecule has 14 heavy (non-hydrogen) atoms. The number of unbranched alkanes of at least 4 members (excludes halogenated alkanes) is 1. The van der Waals surface area contributed by atoms with Gasteiger partial charge in [-0.25, -0.2) is 0 Å². The first-order chi connectivity index (χ1) is 6.54. The van der Waals surface area contributed by atoms with Gasteiger partial charge in [0.15, 0.2) is 0 Å². The van der Waals surface area contributed by atoms with Gasteiger partial charge in [-0.15, -0.1) is 0 Å². The van der Waals surface area contributed by atoms with Gasteiger partial charge in [-0.05, 0) is 31.8 Å². The van der Waals surface area contributed by atoms with E-state index in [1.54, 1.807) is 6.92 Å². The summed E-state index contributed by atoms with van der Waals surface area (Å²) in [7, 11) is 0. The molecule has 0 saturated carbocycles. The Balaban J connectivity index is 4.69. The summed E-state index contributed by atoms with van der Waals surface area (Å²) < 4.78 is 0. The van der Waals surface area contributed by atoms with Gasteiger partial charge >= 0.3 is 0 Å². The molecular weight excluding hydrogens is 178 g/mol. The fourth-order valence-corrected chi connectivity index (χ4v) is 1.38. The molecule has 0 aromatic heterocycles. The summed E-state index contributed by atoms with van der Waals surface area (Å²) in [5.41, 5.74) is 6.52. The number of aliphatic hydroxyl groups excluding tert-OH is 1. The van der Waals surface area contributed by atoms with Crippen LogP contribution in [0, 0.1) is 0 Å². The van der Waals surface area contributed by atoms with Crippen LogP contribution in [0.2, 0.25) is 0 Å². The minimum Gasteiger partial charge on any atom is -0.389 e. The van der Waals surface area contributed by atoms with Crippen molar-refractivity contribution in [1.29, 1.82) is 0 Å². The average molecular weight is 199 g/mol. The van der Waals surface area contributed by atoms with Crippen LogP contribution in [0.4, 0.5) is 0 Å². The number of rotatable bonds is 6. The molecular formula is C11H21NO2.